The Bertz CT molecular complexity index is 1680. The molecule has 1 amide bonds. The minimum atomic E-state index is -0.329. The fourth-order valence-corrected chi connectivity index (χ4v) is 5.19. The molecule has 212 valence electrons. The molecule has 0 atom stereocenters. The summed E-state index contributed by atoms with van der Waals surface area (Å²) >= 11 is 11.0. The van der Waals surface area contributed by atoms with Gasteiger partial charge < -0.3 is 14.8 Å². The van der Waals surface area contributed by atoms with E-state index in [0.717, 1.165) is 37.7 Å². The van der Waals surface area contributed by atoms with E-state index >= 15 is 0 Å². The summed E-state index contributed by atoms with van der Waals surface area (Å²) in [5.41, 5.74) is 7.46. The number of nitrogens with one attached hydrogen (secondary N) is 2. The number of carbonyl (C=O) groups excluding carboxylic acids is 1. The molecule has 1 aromatic heterocycles. The topological polar surface area (TPSA) is 84.8 Å². The van der Waals surface area contributed by atoms with Gasteiger partial charge >= 0.3 is 0 Å². The first-order chi connectivity index (χ1) is 20.5. The van der Waals surface area contributed by atoms with E-state index in [1.54, 1.807) is 18.3 Å². The number of halogens is 2. The highest BCUT2D eigenvalue weighted by Crippen LogP contribution is 2.34. The molecule has 0 fully saturated rings. The first-order valence-corrected chi connectivity index (χ1v) is 15.1. The third-order valence-electron chi connectivity index (χ3n) is 6.01. The molecule has 0 aliphatic heterocycles. The zero-order chi connectivity index (χ0) is 29.3. The van der Waals surface area contributed by atoms with Crippen molar-refractivity contribution in [3.63, 3.8) is 0 Å². The Kier molecular flexibility index (Phi) is 9.86. The van der Waals surface area contributed by atoms with E-state index in [-0.39, 0.29) is 5.91 Å². The third kappa shape index (κ3) is 7.76. The van der Waals surface area contributed by atoms with E-state index in [4.69, 9.17) is 21.1 Å². The number of amides is 1. The van der Waals surface area contributed by atoms with E-state index in [1.165, 1.54) is 11.3 Å². The Morgan fingerprint density at radius 1 is 1.00 bits per heavy atom. The van der Waals surface area contributed by atoms with Gasteiger partial charge in [0.25, 0.3) is 5.91 Å². The normalized spacial score (nSPS) is 10.9. The van der Waals surface area contributed by atoms with Crippen molar-refractivity contribution in [3.05, 3.63) is 123 Å². The SMILES string of the molecule is CCOc1cc(/C=N\NC(=O)c2ccc(-c3csc(Nc4ccc(Cl)cc4)n3)cc2)c(Br)cc1OCc1ccccc1. The largest absolute Gasteiger partial charge is 0.490 e. The Morgan fingerprint density at radius 3 is 2.48 bits per heavy atom. The average Bonchev–Trinajstić information content (AvgIpc) is 3.48. The van der Waals surface area contributed by atoms with Gasteiger partial charge in [0.2, 0.25) is 0 Å². The molecule has 0 unspecified atom stereocenters. The molecule has 42 heavy (non-hydrogen) atoms. The van der Waals surface area contributed by atoms with Gasteiger partial charge in [0.15, 0.2) is 16.6 Å². The molecular weight excluding hydrogens is 636 g/mol. The second kappa shape index (κ2) is 14.1. The molecule has 0 aliphatic carbocycles. The van der Waals surface area contributed by atoms with Crippen LogP contribution in [-0.2, 0) is 6.61 Å². The van der Waals surface area contributed by atoms with Crippen molar-refractivity contribution in [1.29, 1.82) is 0 Å². The van der Waals surface area contributed by atoms with Crippen LogP contribution in [0.3, 0.4) is 0 Å². The van der Waals surface area contributed by atoms with Gasteiger partial charge in [0.1, 0.15) is 6.61 Å². The summed E-state index contributed by atoms with van der Waals surface area (Å²) in [5.74, 6) is 0.876. The second-order valence-corrected chi connectivity index (χ2v) is 11.1. The second-order valence-electron chi connectivity index (χ2n) is 8.97. The summed E-state index contributed by atoms with van der Waals surface area (Å²) in [5, 5.41) is 10.8. The zero-order valence-electron chi connectivity index (χ0n) is 22.5. The van der Waals surface area contributed by atoms with Crippen molar-refractivity contribution in [2.45, 2.75) is 13.5 Å². The van der Waals surface area contributed by atoms with Crippen LogP contribution >= 0.6 is 38.9 Å². The van der Waals surface area contributed by atoms with Crippen molar-refractivity contribution >= 4 is 61.8 Å². The van der Waals surface area contributed by atoms with Crippen LogP contribution in [0.1, 0.15) is 28.4 Å². The van der Waals surface area contributed by atoms with Gasteiger partial charge in [-0.2, -0.15) is 5.10 Å². The lowest BCUT2D eigenvalue weighted by atomic mass is 10.1. The number of aromatic nitrogens is 1. The highest BCUT2D eigenvalue weighted by Gasteiger charge is 2.12. The predicted molar refractivity (Wildman–Crippen MR) is 173 cm³/mol. The molecule has 2 N–H and O–H groups in total. The number of ether oxygens (including phenoxy) is 2. The van der Waals surface area contributed by atoms with Gasteiger partial charge in [-0.3, -0.25) is 4.79 Å². The molecule has 10 heteroatoms. The van der Waals surface area contributed by atoms with E-state index in [2.05, 4.69) is 36.8 Å². The predicted octanol–water partition coefficient (Wildman–Crippen LogP) is 8.71. The average molecular weight is 662 g/mol. The maximum atomic E-state index is 12.7. The van der Waals surface area contributed by atoms with Gasteiger partial charge in [-0.05, 0) is 76.9 Å². The number of carbonyl (C=O) groups is 1. The molecule has 0 aliphatic rings. The smallest absolute Gasteiger partial charge is 0.271 e. The first kappa shape index (κ1) is 29.3. The van der Waals surface area contributed by atoms with Crippen LogP contribution in [0, 0.1) is 0 Å². The molecule has 0 bridgehead atoms. The fraction of sp³-hybridized carbons (Fsp3) is 0.0938. The Hall–Kier alpha value is -4.18. The molecule has 4 aromatic carbocycles. The van der Waals surface area contributed by atoms with Crippen molar-refractivity contribution < 1.29 is 14.3 Å². The molecular formula is C32H26BrClN4O3S. The maximum absolute atomic E-state index is 12.7. The standard InChI is InChI=1S/C32H26BrClN4O3S/c1-2-40-29-16-24(27(33)17-30(29)41-19-21-6-4-3-5-7-21)18-35-38-31(39)23-10-8-22(9-11-23)28-20-42-32(37-28)36-26-14-12-25(34)13-15-26/h3-18,20H,2,19H2,1H3,(H,36,37)(H,38,39)/b35-18-. The number of rotatable bonds is 11. The lowest BCUT2D eigenvalue weighted by Gasteiger charge is -2.14. The number of thiazole rings is 1. The van der Waals surface area contributed by atoms with Gasteiger partial charge in [-0.1, -0.05) is 54.1 Å². The molecule has 5 rings (SSSR count). The number of nitrogens with zero attached hydrogens (tertiary/aromatic N) is 2. The van der Waals surface area contributed by atoms with E-state index < -0.39 is 0 Å². The molecule has 0 radical (unpaired) electrons. The van der Waals surface area contributed by atoms with Crippen LogP contribution in [0.5, 0.6) is 11.5 Å². The molecule has 7 nitrogen and oxygen atoms in total. The first-order valence-electron chi connectivity index (χ1n) is 13.0. The van der Waals surface area contributed by atoms with Gasteiger partial charge in [-0.25, -0.2) is 10.4 Å². The molecule has 0 spiro atoms. The summed E-state index contributed by atoms with van der Waals surface area (Å²) in [6, 6.07) is 28.2. The number of anilines is 2. The zero-order valence-corrected chi connectivity index (χ0v) is 25.7. The van der Waals surface area contributed by atoms with Crippen molar-refractivity contribution in [2.24, 2.45) is 5.10 Å². The number of hydrogen-bond donors (Lipinski definition) is 2. The highest BCUT2D eigenvalue weighted by molar-refractivity contribution is 9.10. The van der Waals surface area contributed by atoms with E-state index in [9.17, 15) is 4.79 Å². The van der Waals surface area contributed by atoms with Crippen LogP contribution in [0.25, 0.3) is 11.3 Å². The quantitative estimate of drug-likeness (QED) is 0.109. The van der Waals surface area contributed by atoms with Crippen LogP contribution in [-0.4, -0.2) is 23.7 Å². The van der Waals surface area contributed by atoms with Crippen LogP contribution < -0.4 is 20.2 Å². The van der Waals surface area contributed by atoms with Crippen molar-refractivity contribution in [1.82, 2.24) is 10.4 Å². The Labute approximate surface area is 261 Å². The summed E-state index contributed by atoms with van der Waals surface area (Å²) in [7, 11) is 0. The minimum absolute atomic E-state index is 0.329. The van der Waals surface area contributed by atoms with Crippen molar-refractivity contribution in [2.75, 3.05) is 11.9 Å². The monoisotopic (exact) mass is 660 g/mol. The molecule has 5 aromatic rings. The van der Waals surface area contributed by atoms with Crippen molar-refractivity contribution in [3.8, 4) is 22.8 Å². The summed E-state index contributed by atoms with van der Waals surface area (Å²) < 4.78 is 12.6. The number of hydrogen-bond acceptors (Lipinski definition) is 7. The van der Waals surface area contributed by atoms with Crippen LogP contribution in [0.15, 0.2) is 106 Å². The van der Waals surface area contributed by atoms with Crippen LogP contribution in [0.2, 0.25) is 5.02 Å². The summed E-state index contributed by atoms with van der Waals surface area (Å²) in [4.78, 5) is 17.4. The molecule has 1 heterocycles. The number of benzene rings is 4. The summed E-state index contributed by atoms with van der Waals surface area (Å²) in [6.45, 7) is 2.81. The van der Waals surface area contributed by atoms with E-state index in [0.29, 0.717) is 35.3 Å². The Balaban J connectivity index is 1.20. The molecule has 0 saturated carbocycles. The minimum Gasteiger partial charge on any atom is -0.490 e. The van der Waals surface area contributed by atoms with Gasteiger partial charge in [-0.15, -0.1) is 11.3 Å². The maximum Gasteiger partial charge on any atom is 0.271 e. The fourth-order valence-electron chi connectivity index (χ4n) is 3.90. The number of hydrazone groups is 1. The van der Waals surface area contributed by atoms with Gasteiger partial charge in [0, 0.05) is 37.3 Å². The molecule has 0 saturated heterocycles. The van der Waals surface area contributed by atoms with E-state index in [1.807, 2.05) is 91.2 Å². The third-order valence-corrected chi connectivity index (χ3v) is 7.71. The highest BCUT2D eigenvalue weighted by atomic mass is 79.9. The lowest BCUT2D eigenvalue weighted by molar-refractivity contribution is 0.0955. The lowest BCUT2D eigenvalue weighted by Crippen LogP contribution is -2.17. The summed E-state index contributed by atoms with van der Waals surface area (Å²) in [6.07, 6.45) is 1.56. The van der Waals surface area contributed by atoms with Gasteiger partial charge in [0.05, 0.1) is 18.5 Å². The Morgan fingerprint density at radius 2 is 1.74 bits per heavy atom. The van der Waals surface area contributed by atoms with Crippen LogP contribution in [0.4, 0.5) is 10.8 Å².